The molecule has 0 atom stereocenters. The first-order valence-electron chi connectivity index (χ1n) is 7.15. The molecule has 4 nitrogen and oxygen atoms in total. The predicted molar refractivity (Wildman–Crippen MR) is 85.3 cm³/mol. The van der Waals surface area contributed by atoms with Crippen LogP contribution in [0, 0.1) is 0 Å². The average Bonchev–Trinajstić information content (AvgIpc) is 2.80. The third kappa shape index (κ3) is 6.48. The summed E-state index contributed by atoms with van der Waals surface area (Å²) in [4.78, 5) is 18.4. The Labute approximate surface area is 126 Å². The lowest BCUT2D eigenvalue weighted by Crippen LogP contribution is -2.27. The summed E-state index contributed by atoms with van der Waals surface area (Å²) in [6, 6.07) is 0. The smallest absolute Gasteiger partial charge is 0.220 e. The first kappa shape index (κ1) is 17.1. The molecule has 1 aromatic rings. The Morgan fingerprint density at radius 3 is 2.65 bits per heavy atom. The molecule has 114 valence electrons. The lowest BCUT2D eigenvalue weighted by Gasteiger charge is -2.14. The van der Waals surface area contributed by atoms with E-state index in [4.69, 9.17) is 0 Å². The highest BCUT2D eigenvalue weighted by Crippen LogP contribution is 2.24. The van der Waals surface area contributed by atoms with Crippen molar-refractivity contribution in [1.29, 1.82) is 0 Å². The van der Waals surface area contributed by atoms with Crippen LogP contribution in [0.5, 0.6) is 0 Å². The van der Waals surface area contributed by atoms with Gasteiger partial charge in [0.25, 0.3) is 0 Å². The number of nitrogens with zero attached hydrogens (tertiary/aromatic N) is 2. The van der Waals surface area contributed by atoms with E-state index in [0.29, 0.717) is 6.42 Å². The molecule has 0 aliphatic rings. The Kier molecular flexibility index (Phi) is 6.62. The lowest BCUT2D eigenvalue weighted by molar-refractivity contribution is -0.121. The Morgan fingerprint density at radius 1 is 1.40 bits per heavy atom. The van der Waals surface area contributed by atoms with Gasteiger partial charge in [-0.15, -0.1) is 11.3 Å². The summed E-state index contributed by atoms with van der Waals surface area (Å²) in [7, 11) is 4.08. The molecule has 0 saturated carbocycles. The van der Waals surface area contributed by atoms with E-state index in [0.717, 1.165) is 36.6 Å². The van der Waals surface area contributed by atoms with Gasteiger partial charge >= 0.3 is 0 Å². The van der Waals surface area contributed by atoms with E-state index in [1.54, 1.807) is 11.3 Å². The minimum atomic E-state index is 0.0865. The predicted octanol–water partition coefficient (Wildman–Crippen LogP) is 2.44. The number of carbonyl (C=O) groups excluding carboxylic acids is 1. The molecule has 0 aliphatic heterocycles. The van der Waals surface area contributed by atoms with Crippen molar-refractivity contribution in [2.24, 2.45) is 0 Å². The molecule has 0 bridgehead atoms. The third-order valence-corrected chi connectivity index (χ3v) is 3.90. The van der Waals surface area contributed by atoms with Crippen molar-refractivity contribution in [3.05, 3.63) is 16.1 Å². The molecule has 0 saturated heterocycles. The van der Waals surface area contributed by atoms with Gasteiger partial charge in [0.15, 0.2) is 0 Å². The van der Waals surface area contributed by atoms with Crippen LogP contribution >= 0.6 is 11.3 Å². The van der Waals surface area contributed by atoms with Crippen molar-refractivity contribution in [2.75, 3.05) is 27.2 Å². The molecule has 1 amide bonds. The average molecular weight is 297 g/mol. The first-order valence-corrected chi connectivity index (χ1v) is 8.03. The number of carbonyl (C=O) groups is 1. The van der Waals surface area contributed by atoms with Crippen molar-refractivity contribution >= 4 is 17.2 Å². The zero-order valence-corrected chi connectivity index (χ0v) is 14.1. The van der Waals surface area contributed by atoms with Gasteiger partial charge in [0, 0.05) is 30.2 Å². The molecular formula is C15H27N3OS. The second kappa shape index (κ2) is 7.74. The van der Waals surface area contributed by atoms with Crippen molar-refractivity contribution in [3.63, 3.8) is 0 Å². The van der Waals surface area contributed by atoms with E-state index < -0.39 is 0 Å². The Bertz CT molecular complexity index is 421. The number of aromatic nitrogens is 1. The maximum absolute atomic E-state index is 11.7. The molecule has 1 rings (SSSR count). The standard InChI is InChI=1S/C15H27N3OS/c1-15(2,3)12-11-20-14(17-12)8-7-13(19)16-9-6-10-18(4)5/h11H,6-10H2,1-5H3,(H,16,19). The monoisotopic (exact) mass is 297 g/mol. The molecule has 0 aliphatic carbocycles. The van der Waals surface area contributed by atoms with Crippen molar-refractivity contribution in [1.82, 2.24) is 15.2 Å². The normalized spacial score (nSPS) is 11.9. The molecule has 20 heavy (non-hydrogen) atoms. The van der Waals surface area contributed by atoms with Crippen LogP contribution < -0.4 is 5.32 Å². The fourth-order valence-electron chi connectivity index (χ4n) is 1.70. The van der Waals surface area contributed by atoms with E-state index >= 15 is 0 Å². The molecular weight excluding hydrogens is 270 g/mol. The molecule has 1 aromatic heterocycles. The fourth-order valence-corrected chi connectivity index (χ4v) is 2.73. The summed E-state index contributed by atoms with van der Waals surface area (Å²) in [6.07, 6.45) is 2.25. The second-order valence-corrected chi connectivity index (χ2v) is 7.33. The van der Waals surface area contributed by atoms with Gasteiger partial charge in [-0.1, -0.05) is 20.8 Å². The summed E-state index contributed by atoms with van der Waals surface area (Å²) in [5.74, 6) is 0.122. The van der Waals surface area contributed by atoms with Gasteiger partial charge in [-0.25, -0.2) is 4.98 Å². The molecule has 1 heterocycles. The number of nitrogens with one attached hydrogen (secondary N) is 1. The third-order valence-electron chi connectivity index (χ3n) is 2.99. The highest BCUT2D eigenvalue weighted by molar-refractivity contribution is 7.09. The molecule has 0 fully saturated rings. The minimum absolute atomic E-state index is 0.0865. The highest BCUT2D eigenvalue weighted by atomic mass is 32.1. The van der Waals surface area contributed by atoms with E-state index in [-0.39, 0.29) is 11.3 Å². The van der Waals surface area contributed by atoms with Crippen LogP contribution in [-0.2, 0) is 16.6 Å². The number of hydrogen-bond donors (Lipinski definition) is 1. The molecule has 0 aromatic carbocycles. The Balaban J connectivity index is 2.26. The molecule has 0 unspecified atom stereocenters. The minimum Gasteiger partial charge on any atom is -0.356 e. The highest BCUT2D eigenvalue weighted by Gasteiger charge is 2.17. The quantitative estimate of drug-likeness (QED) is 0.786. The number of aryl methyl sites for hydroxylation is 1. The SMILES string of the molecule is CN(C)CCCNC(=O)CCc1nc(C(C)(C)C)cs1. The van der Waals surface area contributed by atoms with Crippen molar-refractivity contribution in [2.45, 2.75) is 45.4 Å². The van der Waals surface area contributed by atoms with Crippen molar-refractivity contribution < 1.29 is 4.79 Å². The summed E-state index contributed by atoms with van der Waals surface area (Å²) in [6.45, 7) is 8.22. The van der Waals surface area contributed by atoms with Crippen LogP contribution in [0.15, 0.2) is 5.38 Å². The van der Waals surface area contributed by atoms with E-state index in [2.05, 4.69) is 41.4 Å². The van der Waals surface area contributed by atoms with Crippen molar-refractivity contribution in [3.8, 4) is 0 Å². The zero-order chi connectivity index (χ0) is 15.2. The summed E-state index contributed by atoms with van der Waals surface area (Å²) < 4.78 is 0. The van der Waals surface area contributed by atoms with E-state index in [9.17, 15) is 4.79 Å². The zero-order valence-electron chi connectivity index (χ0n) is 13.3. The largest absolute Gasteiger partial charge is 0.356 e. The molecule has 1 N–H and O–H groups in total. The van der Waals surface area contributed by atoms with Crippen LogP contribution in [0.3, 0.4) is 0 Å². The van der Waals surface area contributed by atoms with Gasteiger partial charge < -0.3 is 10.2 Å². The molecule has 0 radical (unpaired) electrons. The first-order chi connectivity index (χ1) is 9.29. The number of thiazole rings is 1. The van der Waals surface area contributed by atoms with Crippen LogP contribution in [0.4, 0.5) is 0 Å². The Morgan fingerprint density at radius 2 is 2.10 bits per heavy atom. The van der Waals surface area contributed by atoms with Crippen LogP contribution in [-0.4, -0.2) is 43.0 Å². The molecule has 5 heteroatoms. The second-order valence-electron chi connectivity index (χ2n) is 6.38. The van der Waals surface area contributed by atoms with Gasteiger partial charge in [-0.05, 0) is 27.1 Å². The van der Waals surface area contributed by atoms with Crippen LogP contribution in [0.25, 0.3) is 0 Å². The summed E-state index contributed by atoms with van der Waals surface area (Å²) in [5, 5.41) is 6.11. The van der Waals surface area contributed by atoms with E-state index in [1.807, 2.05) is 14.1 Å². The maximum Gasteiger partial charge on any atom is 0.220 e. The van der Waals surface area contributed by atoms with Gasteiger partial charge in [-0.3, -0.25) is 4.79 Å². The number of amides is 1. The maximum atomic E-state index is 11.7. The van der Waals surface area contributed by atoms with Crippen LogP contribution in [0.2, 0.25) is 0 Å². The van der Waals surface area contributed by atoms with Gasteiger partial charge in [0.2, 0.25) is 5.91 Å². The summed E-state index contributed by atoms with van der Waals surface area (Å²) in [5.41, 5.74) is 1.20. The van der Waals surface area contributed by atoms with E-state index in [1.165, 1.54) is 0 Å². The number of rotatable bonds is 7. The molecule has 0 spiro atoms. The topological polar surface area (TPSA) is 45.2 Å². The van der Waals surface area contributed by atoms with Crippen LogP contribution in [0.1, 0.15) is 44.3 Å². The van der Waals surface area contributed by atoms with Gasteiger partial charge in [0.1, 0.15) is 0 Å². The Hall–Kier alpha value is -0.940. The van der Waals surface area contributed by atoms with Gasteiger partial charge in [0.05, 0.1) is 10.7 Å². The fraction of sp³-hybridized carbons (Fsp3) is 0.733. The van der Waals surface area contributed by atoms with Gasteiger partial charge in [-0.2, -0.15) is 0 Å². The number of hydrogen-bond acceptors (Lipinski definition) is 4. The summed E-state index contributed by atoms with van der Waals surface area (Å²) >= 11 is 1.65. The lowest BCUT2D eigenvalue weighted by atomic mass is 9.93.